The van der Waals surface area contributed by atoms with Crippen molar-refractivity contribution < 1.29 is 4.79 Å². The van der Waals surface area contributed by atoms with Gasteiger partial charge in [0, 0.05) is 49.6 Å². The number of amides is 1. The standard InChI is InChI=1S/C24H34N4O/c1-19(23(29)26-24(2,3)4)25-21-10-12-22(13-11-21)28-16-14-27(15-17-28)18-20-8-6-5-7-9-20/h5-13,19,25H,14-18H2,1-4H3,(H,26,29). The van der Waals surface area contributed by atoms with E-state index in [1.54, 1.807) is 0 Å². The van der Waals surface area contributed by atoms with E-state index < -0.39 is 0 Å². The lowest BCUT2D eigenvalue weighted by Gasteiger charge is -2.36. The normalized spacial score (nSPS) is 16.3. The van der Waals surface area contributed by atoms with Crippen LogP contribution in [-0.2, 0) is 11.3 Å². The fourth-order valence-electron chi connectivity index (χ4n) is 3.57. The third-order valence-corrected chi connectivity index (χ3v) is 5.13. The molecule has 1 aliphatic rings. The smallest absolute Gasteiger partial charge is 0.242 e. The van der Waals surface area contributed by atoms with Crippen LogP contribution in [0.2, 0.25) is 0 Å². The van der Waals surface area contributed by atoms with Crippen molar-refractivity contribution in [2.75, 3.05) is 36.4 Å². The van der Waals surface area contributed by atoms with E-state index in [1.165, 1.54) is 11.3 Å². The molecule has 5 nitrogen and oxygen atoms in total. The number of hydrogen-bond acceptors (Lipinski definition) is 4. The maximum Gasteiger partial charge on any atom is 0.242 e. The molecule has 1 saturated heterocycles. The summed E-state index contributed by atoms with van der Waals surface area (Å²) in [6.45, 7) is 13.1. The largest absolute Gasteiger partial charge is 0.374 e. The third-order valence-electron chi connectivity index (χ3n) is 5.13. The maximum atomic E-state index is 12.3. The van der Waals surface area contributed by atoms with E-state index >= 15 is 0 Å². The minimum absolute atomic E-state index is 0.0103. The Morgan fingerprint density at radius 1 is 0.966 bits per heavy atom. The fraction of sp³-hybridized carbons (Fsp3) is 0.458. The number of rotatable bonds is 6. The molecule has 2 aromatic rings. The van der Waals surface area contributed by atoms with Crippen molar-refractivity contribution in [3.8, 4) is 0 Å². The van der Waals surface area contributed by atoms with Gasteiger partial charge in [-0.05, 0) is 57.5 Å². The van der Waals surface area contributed by atoms with Crippen molar-refractivity contribution in [3.63, 3.8) is 0 Å². The predicted molar refractivity (Wildman–Crippen MR) is 121 cm³/mol. The minimum atomic E-state index is -0.276. The van der Waals surface area contributed by atoms with Crippen molar-refractivity contribution in [3.05, 3.63) is 60.2 Å². The average Bonchev–Trinajstić information content (AvgIpc) is 2.69. The highest BCUT2D eigenvalue weighted by molar-refractivity contribution is 5.84. The van der Waals surface area contributed by atoms with Gasteiger partial charge in [0.1, 0.15) is 6.04 Å². The minimum Gasteiger partial charge on any atom is -0.374 e. The number of piperazine rings is 1. The molecule has 1 fully saturated rings. The number of nitrogens with one attached hydrogen (secondary N) is 2. The summed E-state index contributed by atoms with van der Waals surface area (Å²) in [5.41, 5.74) is 3.36. The molecule has 0 spiro atoms. The Bertz CT molecular complexity index is 775. The summed E-state index contributed by atoms with van der Waals surface area (Å²) in [5, 5.41) is 6.30. The first-order valence-electron chi connectivity index (χ1n) is 10.5. The van der Waals surface area contributed by atoms with E-state index in [1.807, 2.05) is 27.7 Å². The molecule has 1 heterocycles. The van der Waals surface area contributed by atoms with Gasteiger partial charge in [0.15, 0.2) is 0 Å². The molecule has 29 heavy (non-hydrogen) atoms. The van der Waals surface area contributed by atoms with Crippen LogP contribution < -0.4 is 15.5 Å². The molecule has 1 aliphatic heterocycles. The Labute approximate surface area is 175 Å². The summed E-state index contributed by atoms with van der Waals surface area (Å²) in [6.07, 6.45) is 0. The highest BCUT2D eigenvalue weighted by Gasteiger charge is 2.20. The SMILES string of the molecule is CC(Nc1ccc(N2CCN(Cc3ccccc3)CC2)cc1)C(=O)NC(C)(C)C. The summed E-state index contributed by atoms with van der Waals surface area (Å²) in [5.74, 6) is 0.0103. The van der Waals surface area contributed by atoms with Crippen LogP contribution in [-0.4, -0.2) is 48.6 Å². The summed E-state index contributed by atoms with van der Waals surface area (Å²) in [6, 6.07) is 18.8. The van der Waals surface area contributed by atoms with Crippen LogP contribution in [0.3, 0.4) is 0 Å². The molecule has 0 saturated carbocycles. The number of benzene rings is 2. The summed E-state index contributed by atoms with van der Waals surface area (Å²) in [7, 11) is 0. The molecule has 156 valence electrons. The zero-order chi connectivity index (χ0) is 20.9. The van der Waals surface area contributed by atoms with Crippen molar-refractivity contribution in [2.24, 2.45) is 0 Å². The molecule has 1 unspecified atom stereocenters. The molecule has 5 heteroatoms. The summed E-state index contributed by atoms with van der Waals surface area (Å²) >= 11 is 0. The first kappa shape index (κ1) is 21.2. The van der Waals surface area contributed by atoms with Crippen LogP contribution in [0.25, 0.3) is 0 Å². The molecule has 3 rings (SSSR count). The molecule has 0 bridgehead atoms. The lowest BCUT2D eigenvalue weighted by molar-refractivity contribution is -0.122. The zero-order valence-corrected chi connectivity index (χ0v) is 18.1. The van der Waals surface area contributed by atoms with Crippen molar-refractivity contribution >= 4 is 17.3 Å². The number of anilines is 2. The van der Waals surface area contributed by atoms with Crippen LogP contribution in [0.1, 0.15) is 33.3 Å². The monoisotopic (exact) mass is 394 g/mol. The molecule has 1 atom stereocenters. The Balaban J connectivity index is 1.49. The molecular formula is C24H34N4O. The average molecular weight is 395 g/mol. The first-order chi connectivity index (χ1) is 13.8. The molecule has 2 aromatic carbocycles. The molecule has 0 aromatic heterocycles. The van der Waals surface area contributed by atoms with Crippen LogP contribution in [0, 0.1) is 0 Å². The molecule has 0 aliphatic carbocycles. The number of carbonyl (C=O) groups is 1. The van der Waals surface area contributed by atoms with Crippen molar-refractivity contribution in [2.45, 2.75) is 45.8 Å². The molecule has 0 radical (unpaired) electrons. The Morgan fingerprint density at radius 3 is 2.17 bits per heavy atom. The van der Waals surface area contributed by atoms with E-state index in [0.717, 1.165) is 38.4 Å². The van der Waals surface area contributed by atoms with Crippen LogP contribution in [0.4, 0.5) is 11.4 Å². The van der Waals surface area contributed by atoms with E-state index in [9.17, 15) is 4.79 Å². The highest BCUT2D eigenvalue weighted by Crippen LogP contribution is 2.20. The van der Waals surface area contributed by atoms with Gasteiger partial charge in [-0.2, -0.15) is 0 Å². The number of nitrogens with zero attached hydrogens (tertiary/aromatic N) is 2. The fourth-order valence-corrected chi connectivity index (χ4v) is 3.57. The second-order valence-corrected chi connectivity index (χ2v) is 8.90. The lowest BCUT2D eigenvalue weighted by atomic mass is 10.1. The Morgan fingerprint density at radius 2 is 1.59 bits per heavy atom. The maximum absolute atomic E-state index is 12.3. The van der Waals surface area contributed by atoms with E-state index in [2.05, 4.69) is 75.0 Å². The first-order valence-corrected chi connectivity index (χ1v) is 10.5. The summed E-state index contributed by atoms with van der Waals surface area (Å²) < 4.78 is 0. The topological polar surface area (TPSA) is 47.6 Å². The lowest BCUT2D eigenvalue weighted by Crippen LogP contribution is -2.47. The second kappa shape index (κ2) is 9.31. The molecule has 2 N–H and O–H groups in total. The predicted octanol–water partition coefficient (Wildman–Crippen LogP) is 3.72. The quantitative estimate of drug-likeness (QED) is 0.784. The zero-order valence-electron chi connectivity index (χ0n) is 18.1. The van der Waals surface area contributed by atoms with Gasteiger partial charge in [0.25, 0.3) is 0 Å². The molecular weight excluding hydrogens is 360 g/mol. The van der Waals surface area contributed by atoms with Crippen LogP contribution in [0.5, 0.6) is 0 Å². The Hall–Kier alpha value is -2.53. The van der Waals surface area contributed by atoms with Gasteiger partial charge in [-0.1, -0.05) is 30.3 Å². The van der Waals surface area contributed by atoms with E-state index in [0.29, 0.717) is 0 Å². The van der Waals surface area contributed by atoms with Crippen molar-refractivity contribution in [1.82, 2.24) is 10.2 Å². The van der Waals surface area contributed by atoms with Gasteiger partial charge in [0.05, 0.1) is 0 Å². The van der Waals surface area contributed by atoms with Crippen LogP contribution >= 0.6 is 0 Å². The summed E-state index contributed by atoms with van der Waals surface area (Å²) in [4.78, 5) is 17.2. The third kappa shape index (κ3) is 6.50. The van der Waals surface area contributed by atoms with Crippen molar-refractivity contribution in [1.29, 1.82) is 0 Å². The van der Waals surface area contributed by atoms with E-state index in [-0.39, 0.29) is 17.5 Å². The van der Waals surface area contributed by atoms with Gasteiger partial charge >= 0.3 is 0 Å². The second-order valence-electron chi connectivity index (χ2n) is 8.90. The van der Waals surface area contributed by atoms with Gasteiger partial charge in [0.2, 0.25) is 5.91 Å². The van der Waals surface area contributed by atoms with Gasteiger partial charge in [-0.25, -0.2) is 0 Å². The van der Waals surface area contributed by atoms with Crippen LogP contribution in [0.15, 0.2) is 54.6 Å². The number of carbonyl (C=O) groups excluding carboxylic acids is 1. The number of hydrogen-bond donors (Lipinski definition) is 2. The molecule has 1 amide bonds. The Kier molecular flexibility index (Phi) is 6.80. The van der Waals surface area contributed by atoms with E-state index in [4.69, 9.17) is 0 Å². The van der Waals surface area contributed by atoms with Gasteiger partial charge in [-0.3, -0.25) is 9.69 Å². The highest BCUT2D eigenvalue weighted by atomic mass is 16.2. The van der Waals surface area contributed by atoms with Gasteiger partial charge in [-0.15, -0.1) is 0 Å². The van der Waals surface area contributed by atoms with Gasteiger partial charge < -0.3 is 15.5 Å².